The third-order valence-electron chi connectivity index (χ3n) is 7.09. The lowest BCUT2D eigenvalue weighted by atomic mass is 9.76. The lowest BCUT2D eigenvalue weighted by Gasteiger charge is -2.37. The maximum Gasteiger partial charge on any atom is 0.343 e. The molecular weight excluding hydrogens is 448 g/mol. The van der Waals surface area contributed by atoms with Crippen LogP contribution in [0, 0.1) is 17.2 Å². The first-order chi connectivity index (χ1) is 16.3. The van der Waals surface area contributed by atoms with E-state index in [0.717, 1.165) is 29.5 Å². The molecule has 2 aromatic carbocycles. The maximum absolute atomic E-state index is 13.6. The minimum atomic E-state index is -0.703. The van der Waals surface area contributed by atoms with Gasteiger partial charge in [-0.05, 0) is 97.5 Å². The molecule has 0 radical (unpaired) electrons. The van der Waals surface area contributed by atoms with Crippen LogP contribution >= 0.6 is 11.6 Å². The molecule has 1 aliphatic carbocycles. The highest BCUT2D eigenvalue weighted by atomic mass is 35.5. The molecule has 0 atom stereocenters. The molecule has 0 bridgehead atoms. The van der Waals surface area contributed by atoms with Crippen molar-refractivity contribution in [1.82, 2.24) is 5.32 Å². The Morgan fingerprint density at radius 1 is 1.15 bits per heavy atom. The van der Waals surface area contributed by atoms with Gasteiger partial charge >= 0.3 is 5.97 Å². The molecule has 1 spiro atoms. The molecule has 1 heterocycles. The van der Waals surface area contributed by atoms with Crippen LogP contribution in [0.1, 0.15) is 79.1 Å². The van der Waals surface area contributed by atoms with Crippen LogP contribution in [0.5, 0.6) is 0 Å². The van der Waals surface area contributed by atoms with E-state index in [4.69, 9.17) is 16.3 Å². The number of hydrogen-bond acceptors (Lipinski definition) is 4. The number of nitriles is 1. The highest BCUT2D eigenvalue weighted by molar-refractivity contribution is 6.30. The smallest absolute Gasteiger partial charge is 0.343 e. The van der Waals surface area contributed by atoms with E-state index in [2.05, 4.69) is 18.3 Å². The van der Waals surface area contributed by atoms with Gasteiger partial charge in [0.25, 0.3) is 5.91 Å². The summed E-state index contributed by atoms with van der Waals surface area (Å²) in [6.45, 7) is 6.22. The van der Waals surface area contributed by atoms with Crippen molar-refractivity contribution in [3.05, 3.63) is 75.0 Å². The van der Waals surface area contributed by atoms with E-state index in [0.29, 0.717) is 59.1 Å². The van der Waals surface area contributed by atoms with E-state index in [9.17, 15) is 14.9 Å². The molecule has 2 aromatic rings. The van der Waals surface area contributed by atoms with Gasteiger partial charge in [0.1, 0.15) is 5.76 Å². The van der Waals surface area contributed by atoms with Gasteiger partial charge in [-0.2, -0.15) is 5.26 Å². The minimum Gasteiger partial charge on any atom is -0.424 e. The second-order valence-corrected chi connectivity index (χ2v) is 9.74. The van der Waals surface area contributed by atoms with Gasteiger partial charge in [0, 0.05) is 5.02 Å². The Labute approximate surface area is 205 Å². The second kappa shape index (κ2) is 9.64. The predicted molar refractivity (Wildman–Crippen MR) is 132 cm³/mol. The first-order valence-electron chi connectivity index (χ1n) is 11.9. The van der Waals surface area contributed by atoms with E-state index in [-0.39, 0.29) is 5.91 Å². The number of esters is 1. The number of nitrogens with zero attached hydrogens (tertiary/aromatic N) is 1. The fourth-order valence-corrected chi connectivity index (χ4v) is 5.24. The molecule has 2 aliphatic rings. The molecule has 6 heteroatoms. The summed E-state index contributed by atoms with van der Waals surface area (Å²) in [7, 11) is 0. The first-order valence-corrected chi connectivity index (χ1v) is 12.3. The lowest BCUT2D eigenvalue weighted by molar-refractivity contribution is -0.116. The van der Waals surface area contributed by atoms with Crippen LogP contribution in [-0.4, -0.2) is 17.4 Å². The minimum absolute atomic E-state index is 0.220. The monoisotopic (exact) mass is 476 g/mol. The number of halogens is 1. The average molecular weight is 477 g/mol. The van der Waals surface area contributed by atoms with Crippen molar-refractivity contribution in [3.63, 3.8) is 0 Å². The van der Waals surface area contributed by atoms with Gasteiger partial charge in [-0.25, -0.2) is 4.79 Å². The Kier molecular flexibility index (Phi) is 6.81. The van der Waals surface area contributed by atoms with Crippen molar-refractivity contribution in [2.45, 2.75) is 64.8 Å². The molecule has 176 valence electrons. The number of rotatable bonds is 5. The van der Waals surface area contributed by atoms with Crippen molar-refractivity contribution in [2.24, 2.45) is 5.92 Å². The van der Waals surface area contributed by atoms with Crippen LogP contribution in [-0.2, 0) is 22.4 Å². The van der Waals surface area contributed by atoms with E-state index in [1.54, 1.807) is 24.3 Å². The molecule has 4 rings (SSSR count). The third-order valence-corrected chi connectivity index (χ3v) is 7.34. The number of carbonyl (C=O) groups excluding carboxylic acids is 2. The van der Waals surface area contributed by atoms with Crippen molar-refractivity contribution in [3.8, 4) is 6.07 Å². The molecular formula is C28H29ClN2O3. The molecule has 0 unspecified atom stereocenters. The van der Waals surface area contributed by atoms with Crippen molar-refractivity contribution >= 4 is 29.1 Å². The van der Waals surface area contributed by atoms with E-state index < -0.39 is 11.5 Å². The van der Waals surface area contributed by atoms with Crippen molar-refractivity contribution in [2.75, 3.05) is 0 Å². The van der Waals surface area contributed by atoms with Gasteiger partial charge in [0.2, 0.25) is 0 Å². The van der Waals surface area contributed by atoms with E-state index in [1.165, 1.54) is 0 Å². The fourth-order valence-electron chi connectivity index (χ4n) is 5.11. The number of nitrogens with one attached hydrogen (secondary N) is 1. The summed E-state index contributed by atoms with van der Waals surface area (Å²) < 4.78 is 6.11. The van der Waals surface area contributed by atoms with Gasteiger partial charge in [0.15, 0.2) is 0 Å². The van der Waals surface area contributed by atoms with Crippen molar-refractivity contribution < 1.29 is 14.3 Å². The van der Waals surface area contributed by atoms with Crippen LogP contribution in [0.25, 0.3) is 5.57 Å². The average Bonchev–Trinajstić information content (AvgIpc) is 3.10. The summed E-state index contributed by atoms with van der Waals surface area (Å²) in [5.41, 5.74) is 3.26. The summed E-state index contributed by atoms with van der Waals surface area (Å²) in [4.78, 5) is 26.8. The predicted octanol–water partition coefficient (Wildman–Crippen LogP) is 5.98. The topological polar surface area (TPSA) is 79.2 Å². The zero-order valence-electron chi connectivity index (χ0n) is 19.8. The van der Waals surface area contributed by atoms with Gasteiger partial charge in [-0.1, -0.05) is 32.4 Å². The SMILES string of the molecule is CCc1cc(C#N)cc(CC)c1C1=C(OC(=O)c2ccc(Cl)cc2)C2(CCC(C)CC2)NC1=O. The summed E-state index contributed by atoms with van der Waals surface area (Å²) in [6.07, 6.45) is 4.60. The molecule has 5 nitrogen and oxygen atoms in total. The highest BCUT2D eigenvalue weighted by Gasteiger charge is 2.50. The summed E-state index contributed by atoms with van der Waals surface area (Å²) >= 11 is 5.99. The Hall–Kier alpha value is -3.10. The molecule has 1 saturated carbocycles. The van der Waals surface area contributed by atoms with Gasteiger partial charge in [-0.3, -0.25) is 4.79 Å². The maximum atomic E-state index is 13.6. The quantitative estimate of drug-likeness (QED) is 0.538. The standard InChI is InChI=1S/C28H29ClN2O3/c1-4-19-14-18(16-30)15-20(5-2)23(19)24-25(34-27(33)21-6-8-22(29)9-7-21)28(31-26(24)32)12-10-17(3)11-13-28/h6-9,14-15,17H,4-5,10-13H2,1-3H3,(H,31,32). The summed E-state index contributed by atoms with van der Waals surface area (Å²) in [5, 5.41) is 13.2. The van der Waals surface area contributed by atoms with Crippen molar-refractivity contribution in [1.29, 1.82) is 5.26 Å². The van der Waals surface area contributed by atoms with Crippen LogP contribution in [0.2, 0.25) is 5.02 Å². The molecule has 1 aliphatic heterocycles. The van der Waals surface area contributed by atoms with Gasteiger partial charge in [0.05, 0.1) is 28.3 Å². The largest absolute Gasteiger partial charge is 0.424 e. The number of carbonyl (C=O) groups is 2. The van der Waals surface area contributed by atoms with E-state index in [1.807, 2.05) is 26.0 Å². The molecule has 1 amide bonds. The summed E-state index contributed by atoms with van der Waals surface area (Å²) in [6, 6.07) is 12.4. The second-order valence-electron chi connectivity index (χ2n) is 9.31. The highest BCUT2D eigenvalue weighted by Crippen LogP contribution is 2.46. The van der Waals surface area contributed by atoms with Crippen LogP contribution in [0.3, 0.4) is 0 Å². The zero-order chi connectivity index (χ0) is 24.5. The number of benzene rings is 2. The van der Waals surface area contributed by atoms with Crippen LogP contribution < -0.4 is 5.32 Å². The number of aryl methyl sites for hydroxylation is 2. The Morgan fingerprint density at radius 2 is 1.74 bits per heavy atom. The molecule has 1 N–H and O–H groups in total. The molecule has 34 heavy (non-hydrogen) atoms. The van der Waals surface area contributed by atoms with Crippen LogP contribution in [0.15, 0.2) is 42.2 Å². The Balaban J connectivity index is 1.90. The Morgan fingerprint density at radius 3 is 2.26 bits per heavy atom. The molecule has 0 saturated heterocycles. The first kappa shape index (κ1) is 24.0. The fraction of sp³-hybridized carbons (Fsp3) is 0.393. The lowest BCUT2D eigenvalue weighted by Crippen LogP contribution is -2.47. The normalized spacial score (nSPS) is 22.0. The summed E-state index contributed by atoms with van der Waals surface area (Å²) in [5.74, 6) is 0.233. The van der Waals surface area contributed by atoms with Gasteiger partial charge in [-0.15, -0.1) is 0 Å². The number of ether oxygens (including phenoxy) is 1. The zero-order valence-corrected chi connectivity index (χ0v) is 20.6. The van der Waals surface area contributed by atoms with Crippen LogP contribution in [0.4, 0.5) is 0 Å². The van der Waals surface area contributed by atoms with Gasteiger partial charge < -0.3 is 10.1 Å². The Bertz CT molecular complexity index is 1170. The molecule has 1 fully saturated rings. The molecule has 0 aromatic heterocycles. The number of hydrogen-bond donors (Lipinski definition) is 1. The number of amides is 1. The van der Waals surface area contributed by atoms with E-state index >= 15 is 0 Å². The third kappa shape index (κ3) is 4.35.